The van der Waals surface area contributed by atoms with E-state index in [1.165, 1.54) is 12.8 Å². The number of hydrogen-bond acceptors (Lipinski definition) is 2. The predicted molar refractivity (Wildman–Crippen MR) is 78.5 cm³/mol. The predicted octanol–water partition coefficient (Wildman–Crippen LogP) is 3.18. The molecule has 1 aromatic carbocycles. The van der Waals surface area contributed by atoms with E-state index < -0.39 is 0 Å². The second-order valence-electron chi connectivity index (χ2n) is 5.31. The molecule has 0 spiro atoms. The Hall–Kier alpha value is -2.10. The van der Waals surface area contributed by atoms with Gasteiger partial charge in [-0.1, -0.05) is 43.2 Å². The molecule has 0 bridgehead atoms. The van der Waals surface area contributed by atoms with Crippen molar-refractivity contribution in [3.63, 3.8) is 0 Å². The SMILES string of the molecule is O=C(Cc1ccccc1)Nc1ccnn1C1CCCC1. The van der Waals surface area contributed by atoms with Crippen LogP contribution in [0.1, 0.15) is 37.3 Å². The van der Waals surface area contributed by atoms with Gasteiger partial charge < -0.3 is 5.32 Å². The van der Waals surface area contributed by atoms with E-state index >= 15 is 0 Å². The van der Waals surface area contributed by atoms with E-state index in [-0.39, 0.29) is 5.91 Å². The molecule has 0 saturated heterocycles. The zero-order chi connectivity index (χ0) is 13.8. The highest BCUT2D eigenvalue weighted by Crippen LogP contribution is 2.31. The summed E-state index contributed by atoms with van der Waals surface area (Å²) < 4.78 is 1.97. The Bertz CT molecular complexity index is 570. The normalized spacial score (nSPS) is 15.4. The Morgan fingerprint density at radius 2 is 1.95 bits per heavy atom. The number of carbonyl (C=O) groups excluding carboxylic acids is 1. The van der Waals surface area contributed by atoms with E-state index in [1.54, 1.807) is 6.20 Å². The number of rotatable bonds is 4. The van der Waals surface area contributed by atoms with Crippen LogP contribution >= 0.6 is 0 Å². The second kappa shape index (κ2) is 5.90. The molecule has 0 atom stereocenters. The first-order chi connectivity index (χ1) is 9.83. The monoisotopic (exact) mass is 269 g/mol. The van der Waals surface area contributed by atoms with Gasteiger partial charge in [-0.25, -0.2) is 4.68 Å². The maximum atomic E-state index is 12.1. The Balaban J connectivity index is 1.66. The van der Waals surface area contributed by atoms with E-state index in [2.05, 4.69) is 10.4 Å². The minimum absolute atomic E-state index is 0.0101. The summed E-state index contributed by atoms with van der Waals surface area (Å²) in [4.78, 5) is 12.1. The minimum atomic E-state index is 0.0101. The van der Waals surface area contributed by atoms with E-state index in [4.69, 9.17) is 0 Å². The van der Waals surface area contributed by atoms with Gasteiger partial charge in [0.1, 0.15) is 5.82 Å². The van der Waals surface area contributed by atoms with Crippen molar-refractivity contribution in [2.45, 2.75) is 38.1 Å². The fraction of sp³-hybridized carbons (Fsp3) is 0.375. The fourth-order valence-corrected chi connectivity index (χ4v) is 2.82. The van der Waals surface area contributed by atoms with Gasteiger partial charge >= 0.3 is 0 Å². The van der Waals surface area contributed by atoms with Crippen LogP contribution in [0.3, 0.4) is 0 Å². The molecule has 104 valence electrons. The fourth-order valence-electron chi connectivity index (χ4n) is 2.82. The highest BCUT2D eigenvalue weighted by Gasteiger charge is 2.20. The standard InChI is InChI=1S/C16H19N3O/c20-16(12-13-6-2-1-3-7-13)18-15-10-11-17-19(15)14-8-4-5-9-14/h1-3,6-7,10-11,14H,4-5,8-9,12H2,(H,18,20). The first-order valence-corrected chi connectivity index (χ1v) is 7.20. The van der Waals surface area contributed by atoms with Gasteiger partial charge in [0.25, 0.3) is 0 Å². The number of nitrogens with one attached hydrogen (secondary N) is 1. The summed E-state index contributed by atoms with van der Waals surface area (Å²) in [6.07, 6.45) is 6.98. The molecule has 1 aliphatic rings. The third-order valence-corrected chi connectivity index (χ3v) is 3.82. The van der Waals surface area contributed by atoms with E-state index in [1.807, 2.05) is 41.1 Å². The highest BCUT2D eigenvalue weighted by molar-refractivity contribution is 5.91. The first kappa shape index (κ1) is 12.9. The van der Waals surface area contributed by atoms with Gasteiger partial charge in [-0.2, -0.15) is 5.10 Å². The molecule has 4 nitrogen and oxygen atoms in total. The zero-order valence-electron chi connectivity index (χ0n) is 11.5. The molecule has 1 saturated carbocycles. The average molecular weight is 269 g/mol. The van der Waals surface area contributed by atoms with Gasteiger partial charge in [-0.3, -0.25) is 4.79 Å². The maximum absolute atomic E-state index is 12.1. The summed E-state index contributed by atoms with van der Waals surface area (Å²) in [5, 5.41) is 7.34. The summed E-state index contributed by atoms with van der Waals surface area (Å²) in [6, 6.07) is 12.1. The molecular weight excluding hydrogens is 250 g/mol. The van der Waals surface area contributed by atoms with Crippen molar-refractivity contribution in [1.82, 2.24) is 9.78 Å². The van der Waals surface area contributed by atoms with E-state index in [9.17, 15) is 4.79 Å². The number of amides is 1. The van der Waals surface area contributed by atoms with Crippen LogP contribution < -0.4 is 5.32 Å². The minimum Gasteiger partial charge on any atom is -0.311 e. The van der Waals surface area contributed by atoms with E-state index in [0.717, 1.165) is 24.2 Å². The Labute approximate surface area is 118 Å². The lowest BCUT2D eigenvalue weighted by molar-refractivity contribution is -0.115. The van der Waals surface area contributed by atoms with Crippen LogP contribution in [0, 0.1) is 0 Å². The quantitative estimate of drug-likeness (QED) is 0.926. The Morgan fingerprint density at radius 3 is 2.70 bits per heavy atom. The Morgan fingerprint density at radius 1 is 1.20 bits per heavy atom. The number of aromatic nitrogens is 2. The second-order valence-corrected chi connectivity index (χ2v) is 5.31. The van der Waals surface area contributed by atoms with Crippen molar-refractivity contribution >= 4 is 11.7 Å². The molecule has 0 aliphatic heterocycles. The topological polar surface area (TPSA) is 46.9 Å². The van der Waals surface area contributed by atoms with Crippen LogP contribution in [-0.4, -0.2) is 15.7 Å². The van der Waals surface area contributed by atoms with Gasteiger partial charge in [0.2, 0.25) is 5.91 Å². The van der Waals surface area contributed by atoms with Crippen LogP contribution in [0.4, 0.5) is 5.82 Å². The van der Waals surface area contributed by atoms with Gasteiger partial charge in [0, 0.05) is 6.07 Å². The van der Waals surface area contributed by atoms with Crippen LogP contribution in [0.2, 0.25) is 0 Å². The van der Waals surface area contributed by atoms with Crippen molar-refractivity contribution in [2.75, 3.05) is 5.32 Å². The third-order valence-electron chi connectivity index (χ3n) is 3.82. The van der Waals surface area contributed by atoms with Gasteiger partial charge in [-0.15, -0.1) is 0 Å². The number of anilines is 1. The van der Waals surface area contributed by atoms with Crippen molar-refractivity contribution < 1.29 is 4.79 Å². The third kappa shape index (κ3) is 2.90. The van der Waals surface area contributed by atoms with Crippen molar-refractivity contribution in [1.29, 1.82) is 0 Å². The van der Waals surface area contributed by atoms with Crippen LogP contribution in [0.5, 0.6) is 0 Å². The molecule has 4 heteroatoms. The van der Waals surface area contributed by atoms with Gasteiger partial charge in [-0.05, 0) is 18.4 Å². The number of benzene rings is 1. The van der Waals surface area contributed by atoms with Crippen LogP contribution in [0.25, 0.3) is 0 Å². The summed E-state index contributed by atoms with van der Waals surface area (Å²) in [5.74, 6) is 0.828. The largest absolute Gasteiger partial charge is 0.311 e. The molecule has 1 aliphatic carbocycles. The molecule has 20 heavy (non-hydrogen) atoms. The molecule has 3 rings (SSSR count). The maximum Gasteiger partial charge on any atom is 0.229 e. The van der Waals surface area contributed by atoms with Crippen LogP contribution in [-0.2, 0) is 11.2 Å². The molecule has 1 heterocycles. The van der Waals surface area contributed by atoms with Crippen molar-refractivity contribution in [3.8, 4) is 0 Å². The lowest BCUT2D eigenvalue weighted by Gasteiger charge is -2.14. The molecule has 2 aromatic rings. The molecule has 0 unspecified atom stereocenters. The summed E-state index contributed by atoms with van der Waals surface area (Å²) in [5.41, 5.74) is 1.02. The molecule has 1 fully saturated rings. The molecule has 0 radical (unpaired) electrons. The lowest BCUT2D eigenvalue weighted by Crippen LogP contribution is -2.19. The smallest absolute Gasteiger partial charge is 0.229 e. The average Bonchev–Trinajstić information content (AvgIpc) is 3.10. The van der Waals surface area contributed by atoms with Gasteiger partial charge in [0.15, 0.2) is 0 Å². The first-order valence-electron chi connectivity index (χ1n) is 7.20. The molecule has 1 aromatic heterocycles. The van der Waals surface area contributed by atoms with Crippen molar-refractivity contribution in [3.05, 3.63) is 48.2 Å². The van der Waals surface area contributed by atoms with E-state index in [0.29, 0.717) is 12.5 Å². The molecule has 1 amide bonds. The van der Waals surface area contributed by atoms with Crippen molar-refractivity contribution in [2.24, 2.45) is 0 Å². The molecular formula is C16H19N3O. The number of hydrogen-bond donors (Lipinski definition) is 1. The number of nitrogens with zero attached hydrogens (tertiary/aromatic N) is 2. The zero-order valence-corrected chi connectivity index (χ0v) is 11.5. The summed E-state index contributed by atoms with van der Waals surface area (Å²) in [7, 11) is 0. The molecule has 1 N–H and O–H groups in total. The highest BCUT2D eigenvalue weighted by atomic mass is 16.1. The van der Waals surface area contributed by atoms with Crippen LogP contribution in [0.15, 0.2) is 42.6 Å². The summed E-state index contributed by atoms with van der Waals surface area (Å²) in [6.45, 7) is 0. The van der Waals surface area contributed by atoms with Gasteiger partial charge in [0.05, 0.1) is 18.7 Å². The Kier molecular flexibility index (Phi) is 3.81. The number of carbonyl (C=O) groups is 1. The lowest BCUT2D eigenvalue weighted by atomic mass is 10.1. The summed E-state index contributed by atoms with van der Waals surface area (Å²) >= 11 is 0.